The van der Waals surface area contributed by atoms with Crippen LogP contribution in [-0.4, -0.2) is 36.6 Å². The van der Waals surface area contributed by atoms with Crippen molar-refractivity contribution in [3.8, 4) is 0 Å². The molecule has 7 atom stereocenters. The number of carbonyl (C=O) groups is 3. The molecule has 0 saturated carbocycles. The van der Waals surface area contributed by atoms with Crippen LogP contribution in [0.25, 0.3) is 0 Å². The molecule has 31 heavy (non-hydrogen) atoms. The van der Waals surface area contributed by atoms with Gasteiger partial charge in [-0.25, -0.2) is 4.79 Å². The molecule has 172 valence electrons. The van der Waals surface area contributed by atoms with Gasteiger partial charge in [0.2, 0.25) is 18.7 Å². The van der Waals surface area contributed by atoms with Crippen molar-refractivity contribution in [3.05, 3.63) is 11.1 Å². The van der Waals surface area contributed by atoms with E-state index in [1.165, 1.54) is 32.3 Å². The number of allylic oxidation sites excluding steroid dienone is 2. The Morgan fingerprint density at radius 2 is 1.71 bits per heavy atom. The van der Waals surface area contributed by atoms with Gasteiger partial charge in [0, 0.05) is 19.8 Å². The molecule has 0 N–H and O–H groups in total. The molecule has 0 aromatic heterocycles. The Bertz CT molecular complexity index is 828. The summed E-state index contributed by atoms with van der Waals surface area (Å²) in [7, 11) is 0. The topological polar surface area (TPSA) is 88.1 Å². The summed E-state index contributed by atoms with van der Waals surface area (Å²) >= 11 is 0. The lowest BCUT2D eigenvalue weighted by atomic mass is 9.52. The van der Waals surface area contributed by atoms with Crippen LogP contribution in [0.5, 0.6) is 0 Å². The second-order valence-corrected chi connectivity index (χ2v) is 10.5. The van der Waals surface area contributed by atoms with Crippen LogP contribution in [0.3, 0.4) is 0 Å². The van der Waals surface area contributed by atoms with Crippen molar-refractivity contribution in [3.63, 3.8) is 0 Å². The maximum absolute atomic E-state index is 12.6. The van der Waals surface area contributed by atoms with E-state index in [9.17, 15) is 14.4 Å². The third kappa shape index (κ3) is 3.59. The van der Waals surface area contributed by atoms with Crippen molar-refractivity contribution in [1.82, 2.24) is 0 Å². The minimum Gasteiger partial charge on any atom is -0.450 e. The van der Waals surface area contributed by atoms with Gasteiger partial charge in [-0.1, -0.05) is 38.8 Å². The Morgan fingerprint density at radius 1 is 1.03 bits per heavy atom. The van der Waals surface area contributed by atoms with Crippen LogP contribution in [0.1, 0.15) is 73.6 Å². The fourth-order valence-corrected chi connectivity index (χ4v) is 6.65. The van der Waals surface area contributed by atoms with Crippen molar-refractivity contribution < 1.29 is 33.3 Å². The highest BCUT2D eigenvalue weighted by Crippen LogP contribution is 2.61. The molecular formula is C24H34O7. The second kappa shape index (κ2) is 7.61. The summed E-state index contributed by atoms with van der Waals surface area (Å²) in [4.78, 5) is 36.1. The Labute approximate surface area is 183 Å². The van der Waals surface area contributed by atoms with Gasteiger partial charge in [0.1, 0.15) is 0 Å². The molecule has 0 aromatic rings. The number of carbonyl (C=O) groups excluding carboxylic acids is 3. The van der Waals surface area contributed by atoms with Gasteiger partial charge in [-0.2, -0.15) is 0 Å². The van der Waals surface area contributed by atoms with E-state index in [-0.39, 0.29) is 22.7 Å². The number of esters is 3. The molecule has 2 aliphatic carbocycles. The lowest BCUT2D eigenvalue weighted by molar-refractivity contribution is -0.220. The predicted molar refractivity (Wildman–Crippen MR) is 110 cm³/mol. The summed E-state index contributed by atoms with van der Waals surface area (Å²) in [6, 6.07) is 0. The van der Waals surface area contributed by atoms with Crippen molar-refractivity contribution in [2.45, 2.75) is 92.3 Å². The summed E-state index contributed by atoms with van der Waals surface area (Å²) < 4.78 is 22.4. The van der Waals surface area contributed by atoms with Crippen LogP contribution in [0.15, 0.2) is 11.1 Å². The van der Waals surface area contributed by atoms with Gasteiger partial charge in [-0.05, 0) is 48.9 Å². The maximum atomic E-state index is 12.6. The molecule has 7 heteroatoms. The lowest BCUT2D eigenvalue weighted by Crippen LogP contribution is -2.55. The summed E-state index contributed by atoms with van der Waals surface area (Å²) in [5.41, 5.74) is 3.03. The quantitative estimate of drug-likeness (QED) is 0.378. The Balaban J connectivity index is 1.74. The van der Waals surface area contributed by atoms with Gasteiger partial charge in [-0.15, -0.1) is 0 Å². The fraction of sp³-hybridized carbons (Fsp3) is 0.792. The van der Waals surface area contributed by atoms with E-state index in [0.29, 0.717) is 0 Å². The normalized spacial score (nSPS) is 41.3. The highest BCUT2D eigenvalue weighted by atomic mass is 16.8. The average Bonchev–Trinajstić information content (AvgIpc) is 2.93. The van der Waals surface area contributed by atoms with Gasteiger partial charge in [0.15, 0.2) is 0 Å². The third-order valence-corrected chi connectivity index (χ3v) is 8.32. The highest BCUT2D eigenvalue weighted by Gasteiger charge is 2.66. The first-order valence-electron chi connectivity index (χ1n) is 11.4. The van der Waals surface area contributed by atoms with Crippen molar-refractivity contribution in [1.29, 1.82) is 0 Å². The van der Waals surface area contributed by atoms with E-state index in [1.807, 2.05) is 0 Å². The molecular weight excluding hydrogens is 400 g/mol. The molecule has 0 spiro atoms. The van der Waals surface area contributed by atoms with Crippen molar-refractivity contribution in [2.75, 3.05) is 0 Å². The third-order valence-electron chi connectivity index (χ3n) is 8.32. The van der Waals surface area contributed by atoms with E-state index in [4.69, 9.17) is 18.9 Å². The molecule has 0 amide bonds. The molecule has 4 rings (SSSR count). The van der Waals surface area contributed by atoms with E-state index >= 15 is 0 Å². The largest absolute Gasteiger partial charge is 0.450 e. The Morgan fingerprint density at radius 3 is 2.35 bits per heavy atom. The molecule has 2 heterocycles. The van der Waals surface area contributed by atoms with E-state index in [2.05, 4.69) is 27.7 Å². The number of rotatable bonds is 3. The number of hydrogen-bond donors (Lipinski definition) is 0. The summed E-state index contributed by atoms with van der Waals surface area (Å²) in [5.74, 6) is -2.31. The molecule has 4 aliphatic rings. The van der Waals surface area contributed by atoms with Crippen molar-refractivity contribution >= 4 is 17.9 Å². The standard InChI is InChI=1S/C24H34O7/c1-12-15-8-7-10-23(4,5)16(15)9-11-24(12,6)18-17-19(28-13(2)25)20(27)30-22(18)31-21(17)29-14(3)26/h12,17-19,21-22H,7-11H2,1-6H3. The number of hydrogen-bond acceptors (Lipinski definition) is 7. The van der Waals surface area contributed by atoms with E-state index in [1.54, 1.807) is 5.57 Å². The smallest absolute Gasteiger partial charge is 0.350 e. The summed E-state index contributed by atoms with van der Waals surface area (Å²) in [5, 5.41) is 0. The molecule has 0 radical (unpaired) electrons. The fourth-order valence-electron chi connectivity index (χ4n) is 6.65. The van der Waals surface area contributed by atoms with Gasteiger partial charge < -0.3 is 18.9 Å². The van der Waals surface area contributed by atoms with E-state index < -0.39 is 42.5 Å². The summed E-state index contributed by atoms with van der Waals surface area (Å²) in [6.07, 6.45) is 2.41. The zero-order valence-electron chi connectivity index (χ0n) is 19.4. The molecule has 7 nitrogen and oxygen atoms in total. The van der Waals surface area contributed by atoms with Crippen LogP contribution in [0.2, 0.25) is 0 Å². The molecule has 2 bridgehead atoms. The Hall–Kier alpha value is -1.89. The molecule has 0 aromatic carbocycles. The van der Waals surface area contributed by atoms with Crippen LogP contribution in [-0.2, 0) is 33.3 Å². The Kier molecular flexibility index (Phi) is 5.48. The van der Waals surface area contributed by atoms with Gasteiger partial charge in [0.05, 0.1) is 5.92 Å². The minimum atomic E-state index is -1.15. The number of ether oxygens (including phenoxy) is 4. The highest BCUT2D eigenvalue weighted by molar-refractivity contribution is 5.80. The lowest BCUT2D eigenvalue weighted by Gasteiger charge is -2.53. The van der Waals surface area contributed by atoms with Crippen LogP contribution < -0.4 is 0 Å². The van der Waals surface area contributed by atoms with Crippen LogP contribution >= 0.6 is 0 Å². The van der Waals surface area contributed by atoms with Crippen molar-refractivity contribution in [2.24, 2.45) is 28.6 Å². The predicted octanol–water partition coefficient (Wildman–Crippen LogP) is 3.90. The average molecular weight is 435 g/mol. The summed E-state index contributed by atoms with van der Waals surface area (Å²) in [6.45, 7) is 11.7. The number of fused-ring (bicyclic) bond motifs is 2. The first kappa shape index (κ1) is 22.3. The first-order valence-corrected chi connectivity index (χ1v) is 11.4. The SMILES string of the molecule is CC(=O)OC1OC2OC(=O)C(OC(C)=O)C1C2C1(C)CCC2=C(CCCC2(C)C)C1C. The zero-order chi connectivity index (χ0) is 22.7. The van der Waals surface area contributed by atoms with E-state index in [0.717, 1.165) is 19.3 Å². The second-order valence-electron chi connectivity index (χ2n) is 10.5. The zero-order valence-corrected chi connectivity index (χ0v) is 19.4. The van der Waals surface area contributed by atoms with Gasteiger partial charge >= 0.3 is 17.9 Å². The molecule has 2 aliphatic heterocycles. The molecule has 7 unspecified atom stereocenters. The van der Waals surface area contributed by atoms with Gasteiger partial charge in [0.25, 0.3) is 0 Å². The molecule has 2 saturated heterocycles. The van der Waals surface area contributed by atoms with Gasteiger partial charge in [-0.3, -0.25) is 9.59 Å². The monoisotopic (exact) mass is 434 g/mol. The molecule has 2 fully saturated rings. The maximum Gasteiger partial charge on any atom is 0.350 e. The first-order chi connectivity index (χ1) is 14.5. The van der Waals surface area contributed by atoms with Crippen LogP contribution in [0, 0.1) is 28.6 Å². The van der Waals surface area contributed by atoms with Crippen LogP contribution in [0.4, 0.5) is 0 Å². The minimum absolute atomic E-state index is 0.207.